The highest BCUT2D eigenvalue weighted by atomic mass is 32.1. The van der Waals surface area contributed by atoms with Crippen molar-refractivity contribution in [3.63, 3.8) is 0 Å². The van der Waals surface area contributed by atoms with Crippen molar-refractivity contribution in [1.82, 2.24) is 14.5 Å². The van der Waals surface area contributed by atoms with Crippen molar-refractivity contribution in [1.29, 1.82) is 0 Å². The summed E-state index contributed by atoms with van der Waals surface area (Å²) in [5, 5.41) is 5.00. The third-order valence-electron chi connectivity index (χ3n) is 9.62. The largest absolute Gasteiger partial charge is 0.309 e. The fourth-order valence-corrected chi connectivity index (χ4v) is 8.32. The van der Waals surface area contributed by atoms with Gasteiger partial charge in [-0.05, 0) is 65.7 Å². The maximum atomic E-state index is 5.08. The molecule has 10 rings (SSSR count). The van der Waals surface area contributed by atoms with Crippen LogP contribution in [0, 0.1) is 0 Å². The van der Waals surface area contributed by atoms with Crippen LogP contribution >= 0.6 is 11.3 Å². The maximum Gasteiger partial charge on any atom is 0.160 e. The van der Waals surface area contributed by atoms with Crippen LogP contribution in [0.5, 0.6) is 0 Å². The number of benzene rings is 7. The van der Waals surface area contributed by atoms with Gasteiger partial charge < -0.3 is 4.57 Å². The average Bonchev–Trinajstić information content (AvgIpc) is 3.73. The van der Waals surface area contributed by atoms with E-state index in [1.165, 1.54) is 58.8 Å². The minimum atomic E-state index is 0.727. The minimum Gasteiger partial charge on any atom is -0.309 e. The second-order valence-corrected chi connectivity index (χ2v) is 13.7. The number of hydrogen-bond acceptors (Lipinski definition) is 3. The van der Waals surface area contributed by atoms with Crippen LogP contribution in [0.25, 0.3) is 92.7 Å². The molecule has 3 nitrogen and oxygen atoms in total. The van der Waals surface area contributed by atoms with Gasteiger partial charge in [0, 0.05) is 53.3 Å². The molecule has 50 heavy (non-hydrogen) atoms. The molecule has 0 atom stereocenters. The smallest absolute Gasteiger partial charge is 0.160 e. The molecule has 0 saturated carbocycles. The third kappa shape index (κ3) is 4.80. The summed E-state index contributed by atoms with van der Waals surface area (Å²) in [7, 11) is 0. The van der Waals surface area contributed by atoms with Gasteiger partial charge >= 0.3 is 0 Å². The molecule has 0 amide bonds. The summed E-state index contributed by atoms with van der Waals surface area (Å²) in [4.78, 5) is 10.2. The van der Waals surface area contributed by atoms with Gasteiger partial charge in [-0.2, -0.15) is 0 Å². The van der Waals surface area contributed by atoms with Crippen LogP contribution in [0.4, 0.5) is 0 Å². The van der Waals surface area contributed by atoms with Crippen LogP contribution < -0.4 is 0 Å². The standard InChI is InChI=1S/C46H29N3S/c1-4-12-30(13-5-1)40-29-41(31-14-6-2-7-15-31)48-46(47-40)34-22-25-44-39(26-34)38-24-21-33(28-45(38)50-44)32-20-23-37-36-18-10-11-19-42(36)49(43(37)27-32)35-16-8-3-9-17-35/h1-29H. The van der Waals surface area contributed by atoms with E-state index in [1.54, 1.807) is 0 Å². The molecule has 0 radical (unpaired) electrons. The monoisotopic (exact) mass is 655 g/mol. The van der Waals surface area contributed by atoms with Gasteiger partial charge in [0.05, 0.1) is 22.4 Å². The highest BCUT2D eigenvalue weighted by molar-refractivity contribution is 7.25. The Labute approximate surface area is 293 Å². The van der Waals surface area contributed by atoms with Gasteiger partial charge in [-0.15, -0.1) is 11.3 Å². The van der Waals surface area contributed by atoms with E-state index in [0.29, 0.717) is 0 Å². The van der Waals surface area contributed by atoms with Crippen LogP contribution in [0.3, 0.4) is 0 Å². The molecule has 3 aromatic heterocycles. The third-order valence-corrected chi connectivity index (χ3v) is 10.7. The van der Waals surface area contributed by atoms with E-state index in [2.05, 4.69) is 168 Å². The first kappa shape index (κ1) is 28.6. The summed E-state index contributed by atoms with van der Waals surface area (Å²) < 4.78 is 4.90. The molecule has 0 aliphatic carbocycles. The summed E-state index contributed by atoms with van der Waals surface area (Å²) in [6.07, 6.45) is 0. The Morgan fingerprint density at radius 3 is 1.66 bits per heavy atom. The van der Waals surface area contributed by atoms with Crippen LogP contribution in [0.2, 0.25) is 0 Å². The first-order valence-electron chi connectivity index (χ1n) is 16.8. The molecule has 0 saturated heterocycles. The summed E-state index contributed by atoms with van der Waals surface area (Å²) in [5.41, 5.74) is 11.0. The molecule has 10 aromatic rings. The lowest BCUT2D eigenvalue weighted by atomic mass is 10.0. The number of fused-ring (bicyclic) bond motifs is 6. The molecule has 0 aliphatic heterocycles. The number of nitrogens with zero attached hydrogens (tertiary/aromatic N) is 3. The lowest BCUT2D eigenvalue weighted by Gasteiger charge is -2.09. The Hall–Kier alpha value is -6.36. The van der Waals surface area contributed by atoms with E-state index >= 15 is 0 Å². The van der Waals surface area contributed by atoms with Crippen molar-refractivity contribution in [2.24, 2.45) is 0 Å². The fourth-order valence-electron chi connectivity index (χ4n) is 7.19. The number of rotatable bonds is 5. The molecular formula is C46H29N3S. The van der Waals surface area contributed by atoms with E-state index in [0.717, 1.165) is 33.9 Å². The lowest BCUT2D eigenvalue weighted by molar-refractivity contribution is 1.18. The van der Waals surface area contributed by atoms with Gasteiger partial charge in [0.2, 0.25) is 0 Å². The van der Waals surface area contributed by atoms with Crippen LogP contribution in [-0.2, 0) is 0 Å². The summed E-state index contributed by atoms with van der Waals surface area (Å²) >= 11 is 1.84. The second-order valence-electron chi connectivity index (χ2n) is 12.6. The highest BCUT2D eigenvalue weighted by Crippen LogP contribution is 2.40. The van der Waals surface area contributed by atoms with Gasteiger partial charge in [-0.25, -0.2) is 9.97 Å². The van der Waals surface area contributed by atoms with Crippen LogP contribution in [-0.4, -0.2) is 14.5 Å². The van der Waals surface area contributed by atoms with E-state index in [-0.39, 0.29) is 0 Å². The van der Waals surface area contributed by atoms with Crippen molar-refractivity contribution in [2.75, 3.05) is 0 Å². The highest BCUT2D eigenvalue weighted by Gasteiger charge is 2.16. The first-order chi connectivity index (χ1) is 24.8. The Balaban J connectivity index is 1.09. The second kappa shape index (κ2) is 11.7. The minimum absolute atomic E-state index is 0.727. The first-order valence-corrected chi connectivity index (χ1v) is 17.6. The number of hydrogen-bond donors (Lipinski definition) is 0. The number of para-hydroxylation sites is 2. The Morgan fingerprint density at radius 1 is 0.360 bits per heavy atom. The van der Waals surface area contributed by atoms with Crippen molar-refractivity contribution < 1.29 is 0 Å². The van der Waals surface area contributed by atoms with E-state index in [4.69, 9.17) is 9.97 Å². The van der Waals surface area contributed by atoms with Gasteiger partial charge in [-0.1, -0.05) is 121 Å². The average molecular weight is 656 g/mol. The zero-order valence-electron chi connectivity index (χ0n) is 27.0. The zero-order valence-corrected chi connectivity index (χ0v) is 27.8. The van der Waals surface area contributed by atoms with Gasteiger partial charge in [0.25, 0.3) is 0 Å². The van der Waals surface area contributed by atoms with E-state index < -0.39 is 0 Å². The van der Waals surface area contributed by atoms with Gasteiger partial charge in [-0.3, -0.25) is 0 Å². The predicted octanol–water partition coefficient (Wildman–Crippen LogP) is 12.6. The predicted molar refractivity (Wildman–Crippen MR) is 211 cm³/mol. The molecule has 0 N–H and O–H groups in total. The number of aromatic nitrogens is 3. The zero-order chi connectivity index (χ0) is 33.0. The Kier molecular flexibility index (Phi) is 6.68. The molecule has 0 unspecified atom stereocenters. The van der Waals surface area contributed by atoms with E-state index in [9.17, 15) is 0 Å². The molecule has 7 aromatic carbocycles. The van der Waals surface area contributed by atoms with Crippen molar-refractivity contribution in [3.05, 3.63) is 176 Å². The Bertz CT molecular complexity index is 2800. The van der Waals surface area contributed by atoms with Crippen molar-refractivity contribution in [3.8, 4) is 50.7 Å². The van der Waals surface area contributed by atoms with E-state index in [1.807, 2.05) is 23.5 Å². The quantitative estimate of drug-likeness (QED) is 0.185. The van der Waals surface area contributed by atoms with Gasteiger partial charge in [0.1, 0.15) is 0 Å². The van der Waals surface area contributed by atoms with Crippen LogP contribution in [0.1, 0.15) is 0 Å². The summed E-state index contributed by atoms with van der Waals surface area (Å²) in [6, 6.07) is 62.5. The van der Waals surface area contributed by atoms with Crippen LogP contribution in [0.15, 0.2) is 176 Å². The summed E-state index contributed by atoms with van der Waals surface area (Å²) in [6.45, 7) is 0. The van der Waals surface area contributed by atoms with Gasteiger partial charge in [0.15, 0.2) is 5.82 Å². The molecule has 3 heterocycles. The molecule has 0 aliphatic rings. The molecule has 0 spiro atoms. The lowest BCUT2D eigenvalue weighted by Crippen LogP contribution is -1.95. The Morgan fingerprint density at radius 2 is 0.940 bits per heavy atom. The molecule has 0 bridgehead atoms. The molecule has 0 fully saturated rings. The van der Waals surface area contributed by atoms with Crippen molar-refractivity contribution in [2.45, 2.75) is 0 Å². The molecule has 234 valence electrons. The number of thiophene rings is 1. The molecule has 4 heteroatoms. The maximum absolute atomic E-state index is 5.08. The normalized spacial score (nSPS) is 11.6. The molecular weight excluding hydrogens is 627 g/mol. The topological polar surface area (TPSA) is 30.7 Å². The SMILES string of the molecule is c1ccc(-c2cc(-c3ccccc3)nc(-c3ccc4sc5cc(-c6ccc7c8ccccc8n(-c8ccccc8)c7c6)ccc5c4c3)n2)cc1. The summed E-state index contributed by atoms with van der Waals surface area (Å²) in [5.74, 6) is 0.727. The fraction of sp³-hybridized carbons (Fsp3) is 0. The van der Waals surface area contributed by atoms with Crippen molar-refractivity contribution >= 4 is 53.3 Å².